The van der Waals surface area contributed by atoms with Crippen LogP contribution in [0.4, 0.5) is 0 Å². The molecule has 0 unspecified atom stereocenters. The minimum absolute atomic E-state index is 0.236. The van der Waals surface area contributed by atoms with E-state index in [1.807, 2.05) is 18.5 Å². The predicted molar refractivity (Wildman–Crippen MR) is 67.5 cm³/mol. The van der Waals surface area contributed by atoms with Gasteiger partial charge in [0.1, 0.15) is 0 Å². The van der Waals surface area contributed by atoms with Crippen molar-refractivity contribution in [3.05, 3.63) is 41.9 Å². The molecule has 0 bridgehead atoms. The van der Waals surface area contributed by atoms with Gasteiger partial charge in [-0.15, -0.1) is 0 Å². The lowest BCUT2D eigenvalue weighted by Crippen LogP contribution is -2.11. The van der Waals surface area contributed by atoms with Crippen molar-refractivity contribution < 1.29 is 0 Å². The van der Waals surface area contributed by atoms with Crippen molar-refractivity contribution in [1.82, 2.24) is 4.98 Å². The number of hydrogen-bond acceptors (Lipinski definition) is 2. The number of pyridine rings is 1. The smallest absolute Gasteiger partial charge is 0.0303 e. The summed E-state index contributed by atoms with van der Waals surface area (Å²) in [6, 6.07) is 4.08. The van der Waals surface area contributed by atoms with E-state index >= 15 is 0 Å². The molecule has 0 saturated carbocycles. The third-order valence-electron chi connectivity index (χ3n) is 2.89. The highest BCUT2D eigenvalue weighted by Crippen LogP contribution is 2.31. The van der Waals surface area contributed by atoms with Crippen molar-refractivity contribution >= 4 is 5.71 Å². The molecule has 16 heavy (non-hydrogen) atoms. The van der Waals surface area contributed by atoms with Crippen LogP contribution in [0.15, 0.2) is 41.3 Å². The van der Waals surface area contributed by atoms with Crippen LogP contribution in [-0.4, -0.2) is 10.7 Å². The lowest BCUT2D eigenvalue weighted by atomic mass is 9.84. The van der Waals surface area contributed by atoms with Crippen LogP contribution < -0.4 is 0 Å². The van der Waals surface area contributed by atoms with Crippen molar-refractivity contribution in [2.45, 2.75) is 33.6 Å². The van der Waals surface area contributed by atoms with Crippen molar-refractivity contribution in [1.29, 1.82) is 0 Å². The van der Waals surface area contributed by atoms with Crippen LogP contribution in [0, 0.1) is 5.41 Å². The zero-order valence-electron chi connectivity index (χ0n) is 10.2. The molecule has 1 aliphatic heterocycles. The minimum atomic E-state index is 0.236. The van der Waals surface area contributed by atoms with Crippen LogP contribution in [0.25, 0.3) is 0 Å². The zero-order chi connectivity index (χ0) is 11.6. The van der Waals surface area contributed by atoms with Crippen molar-refractivity contribution in [3.63, 3.8) is 0 Å². The maximum absolute atomic E-state index is 4.51. The van der Waals surface area contributed by atoms with Crippen LogP contribution in [-0.2, 0) is 6.42 Å². The Bertz CT molecular complexity index is 422. The molecule has 0 saturated heterocycles. The second-order valence-electron chi connectivity index (χ2n) is 5.31. The molecule has 0 N–H and O–H groups in total. The maximum Gasteiger partial charge on any atom is 0.0303 e. The first-order valence-corrected chi connectivity index (χ1v) is 5.70. The van der Waals surface area contributed by atoms with Gasteiger partial charge in [0.15, 0.2) is 0 Å². The van der Waals surface area contributed by atoms with Crippen LogP contribution in [0.1, 0.15) is 32.8 Å². The molecule has 0 radical (unpaired) electrons. The Morgan fingerprint density at radius 3 is 2.69 bits per heavy atom. The molecular weight excluding hydrogens is 196 g/mol. The van der Waals surface area contributed by atoms with E-state index in [9.17, 15) is 0 Å². The topological polar surface area (TPSA) is 25.2 Å². The first kappa shape index (κ1) is 11.1. The van der Waals surface area contributed by atoms with E-state index in [2.05, 4.69) is 36.8 Å². The molecule has 0 spiro atoms. The second-order valence-corrected chi connectivity index (χ2v) is 5.31. The SMILES string of the molecule is CC(C)(C)C1=CN=C(Cc2cccnc2)C1. The largest absolute Gasteiger partial charge is 0.265 e. The Hall–Kier alpha value is -1.44. The molecule has 1 aromatic rings. The van der Waals surface area contributed by atoms with Crippen molar-refractivity contribution in [2.75, 3.05) is 0 Å². The third kappa shape index (κ3) is 2.57. The zero-order valence-corrected chi connectivity index (χ0v) is 10.2. The summed E-state index contributed by atoms with van der Waals surface area (Å²) in [6.07, 6.45) is 7.68. The second kappa shape index (κ2) is 4.20. The van der Waals surface area contributed by atoms with Crippen LogP contribution in [0.5, 0.6) is 0 Å². The highest BCUT2D eigenvalue weighted by atomic mass is 14.7. The van der Waals surface area contributed by atoms with E-state index in [0.29, 0.717) is 0 Å². The fraction of sp³-hybridized carbons (Fsp3) is 0.429. The molecule has 2 nitrogen and oxygen atoms in total. The number of aromatic nitrogens is 1. The lowest BCUT2D eigenvalue weighted by molar-refractivity contribution is 0.498. The standard InChI is InChI=1S/C14H18N2/c1-14(2,3)12-8-13(16-10-12)7-11-5-4-6-15-9-11/h4-6,9-10H,7-8H2,1-3H3. The summed E-state index contributed by atoms with van der Waals surface area (Å²) in [4.78, 5) is 8.63. The van der Waals surface area contributed by atoms with Gasteiger partial charge in [-0.25, -0.2) is 0 Å². The summed E-state index contributed by atoms with van der Waals surface area (Å²) in [5, 5.41) is 0. The molecule has 0 fully saturated rings. The van der Waals surface area contributed by atoms with E-state index in [1.54, 1.807) is 6.20 Å². The summed E-state index contributed by atoms with van der Waals surface area (Å²) in [5.74, 6) is 0. The summed E-state index contributed by atoms with van der Waals surface area (Å²) < 4.78 is 0. The number of allylic oxidation sites excluding steroid dienone is 1. The van der Waals surface area contributed by atoms with E-state index < -0.39 is 0 Å². The van der Waals surface area contributed by atoms with E-state index in [1.165, 1.54) is 16.8 Å². The van der Waals surface area contributed by atoms with Gasteiger partial charge in [0.25, 0.3) is 0 Å². The number of hydrogen-bond donors (Lipinski definition) is 0. The normalized spacial score (nSPS) is 15.9. The molecule has 0 amide bonds. The van der Waals surface area contributed by atoms with E-state index in [4.69, 9.17) is 0 Å². The van der Waals surface area contributed by atoms with Crippen LogP contribution in [0.2, 0.25) is 0 Å². The highest BCUT2D eigenvalue weighted by molar-refractivity contribution is 5.91. The summed E-state index contributed by atoms with van der Waals surface area (Å²) >= 11 is 0. The molecule has 2 heteroatoms. The molecule has 0 atom stereocenters. The molecule has 2 rings (SSSR count). The van der Waals surface area contributed by atoms with Crippen molar-refractivity contribution in [3.8, 4) is 0 Å². The van der Waals surface area contributed by atoms with E-state index in [-0.39, 0.29) is 5.41 Å². The van der Waals surface area contributed by atoms with Gasteiger partial charge in [0.05, 0.1) is 0 Å². The van der Waals surface area contributed by atoms with Gasteiger partial charge in [-0.05, 0) is 22.6 Å². The average molecular weight is 214 g/mol. The summed E-state index contributed by atoms with van der Waals surface area (Å²) in [6.45, 7) is 6.71. The van der Waals surface area contributed by atoms with Crippen LogP contribution >= 0.6 is 0 Å². The first-order chi connectivity index (χ1) is 7.55. The Kier molecular flexibility index (Phi) is 2.90. The predicted octanol–water partition coefficient (Wildman–Crippen LogP) is 3.40. The Balaban J connectivity index is 1.98. The Morgan fingerprint density at radius 1 is 1.31 bits per heavy atom. The van der Waals surface area contributed by atoms with Crippen LogP contribution in [0.3, 0.4) is 0 Å². The quantitative estimate of drug-likeness (QED) is 0.740. The molecule has 0 aromatic carbocycles. The van der Waals surface area contributed by atoms with Crippen molar-refractivity contribution in [2.24, 2.45) is 10.4 Å². The molecule has 1 aliphatic rings. The Morgan fingerprint density at radius 2 is 2.12 bits per heavy atom. The van der Waals surface area contributed by atoms with Gasteiger partial charge in [0.2, 0.25) is 0 Å². The molecular formula is C14H18N2. The average Bonchev–Trinajstić information content (AvgIpc) is 2.67. The fourth-order valence-corrected chi connectivity index (χ4v) is 1.79. The monoisotopic (exact) mass is 214 g/mol. The highest BCUT2D eigenvalue weighted by Gasteiger charge is 2.21. The lowest BCUT2D eigenvalue weighted by Gasteiger charge is -2.19. The number of nitrogens with zero attached hydrogens (tertiary/aromatic N) is 2. The number of rotatable bonds is 2. The molecule has 1 aromatic heterocycles. The summed E-state index contributed by atoms with van der Waals surface area (Å²) in [5.41, 5.74) is 4.15. The van der Waals surface area contributed by atoms with Gasteiger partial charge in [-0.3, -0.25) is 9.98 Å². The number of aliphatic imine (C=N–C) groups is 1. The minimum Gasteiger partial charge on any atom is -0.265 e. The molecule has 0 aliphatic carbocycles. The first-order valence-electron chi connectivity index (χ1n) is 5.70. The van der Waals surface area contributed by atoms with Gasteiger partial charge >= 0.3 is 0 Å². The third-order valence-corrected chi connectivity index (χ3v) is 2.89. The van der Waals surface area contributed by atoms with Gasteiger partial charge in [0, 0.05) is 37.1 Å². The summed E-state index contributed by atoms with van der Waals surface area (Å²) in [7, 11) is 0. The van der Waals surface area contributed by atoms with Gasteiger partial charge < -0.3 is 0 Å². The Labute approximate surface area is 97.1 Å². The van der Waals surface area contributed by atoms with Gasteiger partial charge in [-0.2, -0.15) is 0 Å². The maximum atomic E-state index is 4.51. The van der Waals surface area contributed by atoms with Gasteiger partial charge in [-0.1, -0.05) is 26.8 Å². The molecule has 84 valence electrons. The van der Waals surface area contributed by atoms with E-state index in [0.717, 1.165) is 12.8 Å². The fourth-order valence-electron chi connectivity index (χ4n) is 1.79. The molecule has 2 heterocycles.